The summed E-state index contributed by atoms with van der Waals surface area (Å²) >= 11 is 3.29. The van der Waals surface area contributed by atoms with Gasteiger partial charge < -0.3 is 9.15 Å². The van der Waals surface area contributed by atoms with E-state index in [0.29, 0.717) is 10.2 Å². The third kappa shape index (κ3) is 3.54. The van der Waals surface area contributed by atoms with Gasteiger partial charge >= 0.3 is 5.97 Å². The molecule has 0 aliphatic heterocycles. The normalized spacial score (nSPS) is 10.6. The van der Waals surface area contributed by atoms with Gasteiger partial charge in [0.05, 0.1) is 11.6 Å². The van der Waals surface area contributed by atoms with Crippen LogP contribution in [0.1, 0.15) is 16.3 Å². The van der Waals surface area contributed by atoms with Crippen LogP contribution in [0.4, 0.5) is 0 Å². The summed E-state index contributed by atoms with van der Waals surface area (Å²) in [6.45, 7) is 6.41. The fourth-order valence-corrected chi connectivity index (χ4v) is 1.78. The summed E-state index contributed by atoms with van der Waals surface area (Å²) in [6, 6.07) is 1.57. The van der Waals surface area contributed by atoms with Gasteiger partial charge in [0.1, 0.15) is 8.07 Å². The molecule has 0 bridgehead atoms. The van der Waals surface area contributed by atoms with Gasteiger partial charge in [-0.25, -0.2) is 4.79 Å². The molecule has 1 heterocycles. The molecular formula is C11H13BrO3Si. The van der Waals surface area contributed by atoms with Crippen molar-refractivity contribution in [3.8, 4) is 11.5 Å². The Balaban J connectivity index is 3.02. The summed E-state index contributed by atoms with van der Waals surface area (Å²) in [7, 11) is -0.136. The van der Waals surface area contributed by atoms with E-state index in [2.05, 4.69) is 51.8 Å². The molecule has 0 aliphatic carbocycles. The topological polar surface area (TPSA) is 39.4 Å². The van der Waals surface area contributed by atoms with Crippen molar-refractivity contribution in [1.29, 1.82) is 0 Å². The van der Waals surface area contributed by atoms with Crippen molar-refractivity contribution in [2.45, 2.75) is 19.6 Å². The molecule has 86 valence electrons. The van der Waals surface area contributed by atoms with Crippen molar-refractivity contribution < 1.29 is 13.9 Å². The van der Waals surface area contributed by atoms with Crippen LogP contribution in [-0.4, -0.2) is 21.2 Å². The highest BCUT2D eigenvalue weighted by molar-refractivity contribution is 9.10. The van der Waals surface area contributed by atoms with Crippen molar-refractivity contribution in [2.24, 2.45) is 0 Å². The molecule has 0 N–H and O–H groups in total. The second-order valence-electron chi connectivity index (χ2n) is 4.28. The molecule has 1 aromatic heterocycles. The highest BCUT2D eigenvalue weighted by Crippen LogP contribution is 2.21. The van der Waals surface area contributed by atoms with Crippen LogP contribution in [0, 0.1) is 11.5 Å². The summed E-state index contributed by atoms with van der Waals surface area (Å²) < 4.78 is 10.5. The Morgan fingerprint density at radius 2 is 2.12 bits per heavy atom. The molecule has 0 spiro atoms. The van der Waals surface area contributed by atoms with Crippen molar-refractivity contribution in [3.05, 3.63) is 22.1 Å². The molecule has 3 nitrogen and oxygen atoms in total. The van der Waals surface area contributed by atoms with E-state index in [9.17, 15) is 4.79 Å². The molecule has 0 saturated carbocycles. The van der Waals surface area contributed by atoms with E-state index >= 15 is 0 Å². The van der Waals surface area contributed by atoms with Crippen LogP contribution in [-0.2, 0) is 4.74 Å². The monoisotopic (exact) mass is 300 g/mol. The van der Waals surface area contributed by atoms with Gasteiger partial charge in [0.2, 0.25) is 5.76 Å². The largest absolute Gasteiger partial charge is 0.463 e. The summed E-state index contributed by atoms with van der Waals surface area (Å²) in [5.74, 6) is 3.08. The van der Waals surface area contributed by atoms with Crippen LogP contribution in [0.3, 0.4) is 0 Å². The van der Waals surface area contributed by atoms with E-state index in [0.717, 1.165) is 0 Å². The summed E-state index contributed by atoms with van der Waals surface area (Å²) in [5.41, 5.74) is 3.16. The average molecular weight is 301 g/mol. The van der Waals surface area contributed by atoms with Crippen LogP contribution in [0.15, 0.2) is 15.0 Å². The van der Waals surface area contributed by atoms with Crippen LogP contribution < -0.4 is 0 Å². The molecule has 0 aliphatic rings. The molecule has 0 unspecified atom stereocenters. The molecule has 1 rings (SSSR count). The number of halogens is 1. The van der Waals surface area contributed by atoms with Gasteiger partial charge in [0, 0.05) is 6.07 Å². The number of hydrogen-bond acceptors (Lipinski definition) is 3. The highest BCUT2D eigenvalue weighted by atomic mass is 79.9. The first-order chi connectivity index (χ1) is 7.33. The molecule has 0 fully saturated rings. The number of carbonyl (C=O) groups is 1. The maximum atomic E-state index is 11.2. The average Bonchev–Trinajstić information content (AvgIpc) is 2.54. The molecule has 0 amide bonds. The van der Waals surface area contributed by atoms with Gasteiger partial charge in [0.25, 0.3) is 0 Å². The minimum absolute atomic E-state index is 0.161. The molecule has 5 heteroatoms. The second kappa shape index (κ2) is 4.89. The van der Waals surface area contributed by atoms with Crippen LogP contribution in [0.2, 0.25) is 19.6 Å². The Labute approximate surface area is 104 Å². The SMILES string of the molecule is COC(=O)c1cc(Br)c(C#C[Si](C)(C)C)o1. The first kappa shape index (κ1) is 13.1. The van der Waals surface area contributed by atoms with E-state index in [1.165, 1.54) is 7.11 Å². The number of esters is 1. The Morgan fingerprint density at radius 3 is 2.62 bits per heavy atom. The van der Waals surface area contributed by atoms with Crippen molar-refractivity contribution in [1.82, 2.24) is 0 Å². The Bertz CT molecular complexity index is 460. The highest BCUT2D eigenvalue weighted by Gasteiger charge is 2.15. The smallest absolute Gasteiger partial charge is 0.374 e. The molecular weight excluding hydrogens is 288 g/mol. The molecule has 0 atom stereocenters. The lowest BCUT2D eigenvalue weighted by atomic mass is 10.4. The van der Waals surface area contributed by atoms with E-state index < -0.39 is 14.0 Å². The predicted molar refractivity (Wildman–Crippen MR) is 68.0 cm³/mol. The maximum absolute atomic E-state index is 11.2. The number of rotatable bonds is 1. The summed E-state index contributed by atoms with van der Waals surface area (Å²) in [4.78, 5) is 11.2. The first-order valence-corrected chi connectivity index (χ1v) is 9.03. The number of ether oxygens (including phenoxy) is 1. The zero-order valence-corrected chi connectivity index (χ0v) is 12.3. The fourth-order valence-electron chi connectivity index (χ4n) is 0.899. The summed E-state index contributed by atoms with van der Waals surface area (Å²) in [5, 5.41) is 0. The van der Waals surface area contributed by atoms with Crippen molar-refractivity contribution in [2.75, 3.05) is 7.11 Å². The third-order valence-corrected chi connectivity index (χ3v) is 3.09. The van der Waals surface area contributed by atoms with Crippen LogP contribution >= 0.6 is 15.9 Å². The standard InChI is InChI=1S/C11H13BrO3Si/c1-14-11(13)10-7-8(12)9(15-10)5-6-16(2,3)4/h7H,1-4H3. The first-order valence-electron chi connectivity index (χ1n) is 4.74. The van der Waals surface area contributed by atoms with Gasteiger partial charge in [0.15, 0.2) is 5.76 Å². The maximum Gasteiger partial charge on any atom is 0.374 e. The Morgan fingerprint density at radius 1 is 1.50 bits per heavy atom. The van der Waals surface area contributed by atoms with Crippen LogP contribution in [0.5, 0.6) is 0 Å². The minimum Gasteiger partial charge on any atom is -0.463 e. The molecule has 0 saturated heterocycles. The van der Waals surface area contributed by atoms with Gasteiger partial charge in [-0.15, -0.1) is 5.54 Å². The number of carbonyl (C=O) groups excluding carboxylic acids is 1. The molecule has 0 aromatic carbocycles. The van der Waals surface area contributed by atoms with Crippen LogP contribution in [0.25, 0.3) is 0 Å². The minimum atomic E-state index is -1.45. The van der Waals surface area contributed by atoms with E-state index in [4.69, 9.17) is 4.42 Å². The van der Waals surface area contributed by atoms with E-state index in [-0.39, 0.29) is 5.76 Å². The predicted octanol–water partition coefficient (Wildman–Crippen LogP) is 3.06. The van der Waals surface area contributed by atoms with Gasteiger partial charge in [-0.05, 0) is 21.9 Å². The lowest BCUT2D eigenvalue weighted by Gasteiger charge is -2.02. The number of methoxy groups -OCH3 is 1. The Hall–Kier alpha value is -0.993. The fraction of sp³-hybridized carbons (Fsp3) is 0.364. The lowest BCUT2D eigenvalue weighted by molar-refractivity contribution is 0.0564. The molecule has 1 aromatic rings. The zero-order valence-electron chi connectivity index (χ0n) is 9.68. The van der Waals surface area contributed by atoms with Gasteiger partial charge in [-0.3, -0.25) is 0 Å². The van der Waals surface area contributed by atoms with Crippen molar-refractivity contribution >= 4 is 30.0 Å². The van der Waals surface area contributed by atoms with E-state index in [1.807, 2.05) is 0 Å². The molecule has 0 radical (unpaired) electrons. The Kier molecular flexibility index (Phi) is 4.00. The van der Waals surface area contributed by atoms with Crippen molar-refractivity contribution in [3.63, 3.8) is 0 Å². The third-order valence-electron chi connectivity index (χ3n) is 1.62. The number of hydrogen-bond donors (Lipinski definition) is 0. The zero-order chi connectivity index (χ0) is 12.3. The quantitative estimate of drug-likeness (QED) is 0.455. The summed E-state index contributed by atoms with van der Waals surface area (Å²) in [6.07, 6.45) is 0. The lowest BCUT2D eigenvalue weighted by Crippen LogP contribution is -2.16. The van der Waals surface area contributed by atoms with Gasteiger partial charge in [-0.1, -0.05) is 19.6 Å². The van der Waals surface area contributed by atoms with E-state index in [1.54, 1.807) is 6.07 Å². The number of furan rings is 1. The molecule has 16 heavy (non-hydrogen) atoms. The van der Waals surface area contributed by atoms with Gasteiger partial charge in [-0.2, -0.15) is 0 Å². The second-order valence-corrected chi connectivity index (χ2v) is 9.88.